The Hall–Kier alpha value is -2.13. The first kappa shape index (κ1) is 21.1. The lowest BCUT2D eigenvalue weighted by molar-refractivity contribution is 0.234. The molecule has 2 aromatic rings. The van der Waals surface area contributed by atoms with Crippen molar-refractivity contribution in [3.8, 4) is 0 Å². The van der Waals surface area contributed by atoms with Crippen molar-refractivity contribution in [2.24, 2.45) is 4.99 Å². The standard InChI is InChI=1S/C27H37N3/c1-20(2)22-12-10-13-23(21(3)4)27(22)28-25-19-30(26-14-7-6-11-24(25)26)18-17-29-15-8-5-9-16-29/h6-7,10-14,20-21H,5,8-9,15-19H2,1-4H3. The highest BCUT2D eigenvalue weighted by Crippen LogP contribution is 2.37. The molecule has 2 aromatic carbocycles. The van der Waals surface area contributed by atoms with E-state index in [1.807, 2.05) is 0 Å². The Bertz CT molecular complexity index is 864. The maximum atomic E-state index is 5.35. The van der Waals surface area contributed by atoms with E-state index >= 15 is 0 Å². The highest BCUT2D eigenvalue weighted by Gasteiger charge is 2.26. The smallest absolute Gasteiger partial charge is 0.0703 e. The zero-order valence-electron chi connectivity index (χ0n) is 19.2. The lowest BCUT2D eigenvalue weighted by Gasteiger charge is -2.29. The molecular formula is C27H37N3. The van der Waals surface area contributed by atoms with Gasteiger partial charge in [0.1, 0.15) is 0 Å². The number of hydrogen-bond acceptors (Lipinski definition) is 3. The molecule has 1 saturated heterocycles. The quantitative estimate of drug-likeness (QED) is 0.559. The Morgan fingerprint density at radius 3 is 2.13 bits per heavy atom. The van der Waals surface area contributed by atoms with Crippen LogP contribution in [0, 0.1) is 0 Å². The van der Waals surface area contributed by atoms with E-state index in [0.29, 0.717) is 11.8 Å². The molecule has 3 heteroatoms. The van der Waals surface area contributed by atoms with Gasteiger partial charge in [-0.1, -0.05) is 70.5 Å². The van der Waals surface area contributed by atoms with Gasteiger partial charge in [-0.2, -0.15) is 0 Å². The van der Waals surface area contributed by atoms with E-state index < -0.39 is 0 Å². The van der Waals surface area contributed by atoms with Gasteiger partial charge in [-0.3, -0.25) is 4.99 Å². The van der Waals surface area contributed by atoms with E-state index in [1.165, 1.54) is 66.1 Å². The van der Waals surface area contributed by atoms with Crippen molar-refractivity contribution in [1.82, 2.24) is 4.90 Å². The molecule has 0 unspecified atom stereocenters. The lowest BCUT2D eigenvalue weighted by atomic mass is 9.93. The Kier molecular flexibility index (Phi) is 6.58. The van der Waals surface area contributed by atoms with Crippen LogP contribution in [0.25, 0.3) is 0 Å². The summed E-state index contributed by atoms with van der Waals surface area (Å²) in [5, 5.41) is 0. The van der Waals surface area contributed by atoms with Crippen LogP contribution in [-0.2, 0) is 0 Å². The largest absolute Gasteiger partial charge is 0.364 e. The van der Waals surface area contributed by atoms with Crippen LogP contribution in [0.3, 0.4) is 0 Å². The molecule has 3 nitrogen and oxygen atoms in total. The van der Waals surface area contributed by atoms with Crippen LogP contribution < -0.4 is 4.90 Å². The summed E-state index contributed by atoms with van der Waals surface area (Å²) < 4.78 is 0. The van der Waals surface area contributed by atoms with Gasteiger partial charge >= 0.3 is 0 Å². The van der Waals surface area contributed by atoms with Gasteiger partial charge in [0.15, 0.2) is 0 Å². The molecule has 0 radical (unpaired) electrons. The monoisotopic (exact) mass is 403 g/mol. The molecule has 0 saturated carbocycles. The van der Waals surface area contributed by atoms with Crippen LogP contribution in [-0.4, -0.2) is 43.3 Å². The Labute approximate surface area is 182 Å². The number of fused-ring (bicyclic) bond motifs is 1. The summed E-state index contributed by atoms with van der Waals surface area (Å²) in [6.07, 6.45) is 4.10. The average Bonchev–Trinajstić information content (AvgIpc) is 3.10. The summed E-state index contributed by atoms with van der Waals surface area (Å²) in [6, 6.07) is 15.5. The average molecular weight is 404 g/mol. The molecule has 2 aliphatic heterocycles. The van der Waals surface area contributed by atoms with Crippen LogP contribution in [0.1, 0.15) is 75.5 Å². The van der Waals surface area contributed by atoms with Crippen molar-refractivity contribution in [3.63, 3.8) is 0 Å². The van der Waals surface area contributed by atoms with Gasteiger partial charge in [0.05, 0.1) is 17.9 Å². The van der Waals surface area contributed by atoms with Crippen molar-refractivity contribution in [2.45, 2.75) is 58.8 Å². The second kappa shape index (κ2) is 9.34. The third-order valence-electron chi connectivity index (χ3n) is 6.62. The second-order valence-corrected chi connectivity index (χ2v) is 9.49. The van der Waals surface area contributed by atoms with Crippen molar-refractivity contribution in [2.75, 3.05) is 37.6 Å². The lowest BCUT2D eigenvalue weighted by Crippen LogP contribution is -2.37. The van der Waals surface area contributed by atoms with Gasteiger partial charge in [0, 0.05) is 24.3 Å². The molecule has 2 aliphatic rings. The van der Waals surface area contributed by atoms with Crippen LogP contribution in [0.5, 0.6) is 0 Å². The van der Waals surface area contributed by atoms with E-state index in [2.05, 4.69) is 80.0 Å². The number of nitrogens with zero attached hydrogens (tertiary/aromatic N) is 3. The molecule has 1 fully saturated rings. The van der Waals surface area contributed by atoms with E-state index in [0.717, 1.165) is 19.6 Å². The number of rotatable bonds is 6. The first-order valence-electron chi connectivity index (χ1n) is 11.8. The highest BCUT2D eigenvalue weighted by atomic mass is 15.2. The summed E-state index contributed by atoms with van der Waals surface area (Å²) in [4.78, 5) is 10.5. The molecule has 0 amide bonds. The number of benzene rings is 2. The number of likely N-dealkylation sites (tertiary alicyclic amines) is 1. The molecule has 0 atom stereocenters. The predicted octanol–water partition coefficient (Wildman–Crippen LogP) is 6.36. The second-order valence-electron chi connectivity index (χ2n) is 9.49. The van der Waals surface area contributed by atoms with Crippen LogP contribution in [0.2, 0.25) is 0 Å². The van der Waals surface area contributed by atoms with Gasteiger partial charge in [-0.25, -0.2) is 0 Å². The number of anilines is 1. The van der Waals surface area contributed by atoms with Gasteiger partial charge in [-0.15, -0.1) is 0 Å². The maximum absolute atomic E-state index is 5.35. The van der Waals surface area contributed by atoms with E-state index in [4.69, 9.17) is 4.99 Å². The van der Waals surface area contributed by atoms with E-state index in [9.17, 15) is 0 Å². The third-order valence-corrected chi connectivity index (χ3v) is 6.62. The molecule has 2 heterocycles. The van der Waals surface area contributed by atoms with Crippen LogP contribution in [0.15, 0.2) is 47.5 Å². The van der Waals surface area contributed by atoms with Gasteiger partial charge in [0.2, 0.25) is 0 Å². The van der Waals surface area contributed by atoms with Gasteiger partial charge in [0.25, 0.3) is 0 Å². The first-order valence-corrected chi connectivity index (χ1v) is 11.8. The van der Waals surface area contributed by atoms with Crippen LogP contribution >= 0.6 is 0 Å². The van der Waals surface area contributed by atoms with Crippen molar-refractivity contribution in [3.05, 3.63) is 59.2 Å². The van der Waals surface area contributed by atoms with Crippen LogP contribution in [0.4, 0.5) is 11.4 Å². The molecule has 0 spiro atoms. The van der Waals surface area contributed by atoms with E-state index in [1.54, 1.807) is 0 Å². The summed E-state index contributed by atoms with van der Waals surface area (Å²) in [6.45, 7) is 14.8. The molecule has 0 bridgehead atoms. The normalized spacial score (nSPS) is 18.6. The van der Waals surface area contributed by atoms with Crippen molar-refractivity contribution < 1.29 is 0 Å². The van der Waals surface area contributed by atoms with Crippen molar-refractivity contribution in [1.29, 1.82) is 0 Å². The Morgan fingerprint density at radius 1 is 0.800 bits per heavy atom. The predicted molar refractivity (Wildman–Crippen MR) is 130 cm³/mol. The molecule has 30 heavy (non-hydrogen) atoms. The third kappa shape index (κ3) is 4.46. The minimum absolute atomic E-state index is 0.468. The Morgan fingerprint density at radius 2 is 1.47 bits per heavy atom. The minimum atomic E-state index is 0.468. The van der Waals surface area contributed by atoms with Gasteiger partial charge in [-0.05, 0) is 55.0 Å². The number of hydrogen-bond donors (Lipinski definition) is 0. The fourth-order valence-corrected chi connectivity index (χ4v) is 4.86. The summed E-state index contributed by atoms with van der Waals surface area (Å²) >= 11 is 0. The van der Waals surface area contributed by atoms with E-state index in [-0.39, 0.29) is 0 Å². The summed E-state index contributed by atoms with van der Waals surface area (Å²) in [5.74, 6) is 0.935. The highest BCUT2D eigenvalue weighted by molar-refractivity contribution is 6.13. The fourth-order valence-electron chi connectivity index (χ4n) is 4.86. The zero-order chi connectivity index (χ0) is 21.1. The molecular weight excluding hydrogens is 366 g/mol. The van der Waals surface area contributed by atoms with Gasteiger partial charge < -0.3 is 9.80 Å². The Balaban J connectivity index is 1.64. The maximum Gasteiger partial charge on any atom is 0.0703 e. The molecule has 0 N–H and O–H groups in total. The molecule has 160 valence electrons. The zero-order valence-corrected chi connectivity index (χ0v) is 19.2. The number of aliphatic imine (C=N–C) groups is 1. The summed E-state index contributed by atoms with van der Waals surface area (Å²) in [7, 11) is 0. The molecule has 0 aromatic heterocycles. The molecule has 4 rings (SSSR count). The summed E-state index contributed by atoms with van der Waals surface area (Å²) in [5.41, 5.74) is 7.80. The topological polar surface area (TPSA) is 18.8 Å². The fraction of sp³-hybridized carbons (Fsp3) is 0.519. The number of para-hydroxylation sites is 2. The first-order chi connectivity index (χ1) is 14.5. The number of piperidine rings is 1. The molecule has 0 aliphatic carbocycles. The SMILES string of the molecule is CC(C)c1cccc(C(C)C)c1N=C1CN(CCN2CCCCC2)c2ccccc21. The minimum Gasteiger partial charge on any atom is -0.364 e. The van der Waals surface area contributed by atoms with Crippen molar-refractivity contribution >= 4 is 17.1 Å².